The molecule has 3 aromatic carbocycles. The smallest absolute Gasteiger partial charge is 0.303 e. The maximum atomic E-state index is 15.1. The van der Waals surface area contributed by atoms with E-state index >= 15 is 4.79 Å². The van der Waals surface area contributed by atoms with Gasteiger partial charge in [-0.2, -0.15) is 5.01 Å². The first-order chi connectivity index (χ1) is 24.4. The van der Waals surface area contributed by atoms with Gasteiger partial charge < -0.3 is 10.2 Å². The van der Waals surface area contributed by atoms with E-state index in [0.717, 1.165) is 5.01 Å². The number of hydrogen-bond donors (Lipinski definition) is 3. The van der Waals surface area contributed by atoms with Crippen LogP contribution in [0.5, 0.6) is 5.75 Å². The zero-order valence-electron chi connectivity index (χ0n) is 27.2. The number of anilines is 1. The summed E-state index contributed by atoms with van der Waals surface area (Å²) in [4.78, 5) is 69.9. The number of benzene rings is 3. The number of nitrogens with one attached hydrogen (secondary N) is 1. The van der Waals surface area contributed by atoms with Gasteiger partial charge in [-0.3, -0.25) is 34.3 Å². The van der Waals surface area contributed by atoms with Crippen LogP contribution in [0.15, 0.2) is 78.4 Å². The van der Waals surface area contributed by atoms with Crippen molar-refractivity contribution in [3.05, 3.63) is 105 Å². The van der Waals surface area contributed by atoms with Crippen LogP contribution < -0.4 is 5.43 Å². The molecule has 0 radical (unpaired) electrons. The number of hydrazine groups is 1. The molecule has 51 heavy (non-hydrogen) atoms. The molecule has 2 saturated heterocycles. The number of unbranched alkanes of at least 4 members (excludes halogenated alkanes) is 2. The van der Waals surface area contributed by atoms with Crippen molar-refractivity contribution in [3.63, 3.8) is 0 Å². The van der Waals surface area contributed by atoms with Gasteiger partial charge in [0, 0.05) is 34.5 Å². The molecule has 264 valence electrons. The van der Waals surface area contributed by atoms with E-state index in [0.29, 0.717) is 35.4 Å². The number of carbonyl (C=O) groups is 5. The molecule has 4 aliphatic rings. The van der Waals surface area contributed by atoms with Crippen molar-refractivity contribution in [2.75, 3.05) is 12.0 Å². The number of aliphatic carboxylic acids is 1. The van der Waals surface area contributed by atoms with Crippen LogP contribution in [-0.2, 0) is 29.4 Å². The SMILES string of the molecule is O=C(O)CCCCCN1C(=O)[C@H]2[C@H](CC=C3[C@H]2C[C@H]2C(=O)N(Nc4ccc(F)cc4)C(=O)[C@@]2(c2ccc(Cl)cc2)[C@H]3c2cc(Cl)ccc2O)C1=O. The normalized spacial score (nSPS) is 26.9. The zero-order valence-corrected chi connectivity index (χ0v) is 28.7. The summed E-state index contributed by atoms with van der Waals surface area (Å²) < 4.78 is 13.8. The van der Waals surface area contributed by atoms with Crippen molar-refractivity contribution in [3.8, 4) is 5.75 Å². The average molecular weight is 735 g/mol. The van der Waals surface area contributed by atoms with E-state index in [2.05, 4.69) is 5.43 Å². The molecule has 7 rings (SSSR count). The molecule has 0 unspecified atom stereocenters. The lowest BCUT2D eigenvalue weighted by Crippen LogP contribution is -2.53. The average Bonchev–Trinajstić information content (AvgIpc) is 3.47. The summed E-state index contributed by atoms with van der Waals surface area (Å²) in [5.41, 5.74) is 2.92. The fraction of sp³-hybridized carbons (Fsp3) is 0.342. The number of amides is 4. The second kappa shape index (κ2) is 13.4. The van der Waals surface area contributed by atoms with E-state index in [1.165, 1.54) is 41.3 Å². The number of nitrogens with zero attached hydrogens (tertiary/aromatic N) is 2. The van der Waals surface area contributed by atoms with Crippen LogP contribution in [0.3, 0.4) is 0 Å². The Labute approximate surface area is 302 Å². The van der Waals surface area contributed by atoms with Gasteiger partial charge in [-0.25, -0.2) is 4.39 Å². The molecule has 0 aromatic heterocycles. The van der Waals surface area contributed by atoms with E-state index in [4.69, 9.17) is 28.3 Å². The molecule has 2 aliphatic heterocycles. The summed E-state index contributed by atoms with van der Waals surface area (Å²) in [6.07, 6.45) is 3.52. The molecule has 10 nitrogen and oxygen atoms in total. The van der Waals surface area contributed by atoms with Gasteiger partial charge in [0.05, 0.1) is 28.9 Å². The summed E-state index contributed by atoms with van der Waals surface area (Å²) in [6.45, 7) is 0.149. The van der Waals surface area contributed by atoms with Gasteiger partial charge in [-0.1, -0.05) is 53.4 Å². The molecule has 3 N–H and O–H groups in total. The van der Waals surface area contributed by atoms with Crippen LogP contribution in [-0.4, -0.2) is 56.3 Å². The highest BCUT2D eigenvalue weighted by Gasteiger charge is 2.70. The molecule has 1 saturated carbocycles. The van der Waals surface area contributed by atoms with E-state index in [-0.39, 0.29) is 59.6 Å². The predicted molar refractivity (Wildman–Crippen MR) is 185 cm³/mol. The van der Waals surface area contributed by atoms with Gasteiger partial charge in [0.1, 0.15) is 11.6 Å². The number of phenolic OH excluding ortho intramolecular Hbond substituents is 1. The minimum atomic E-state index is -1.65. The van der Waals surface area contributed by atoms with Gasteiger partial charge in [0.25, 0.3) is 11.8 Å². The molecular formula is C38H34Cl2FN3O7. The number of allylic oxidation sites excluding steroid dienone is 2. The van der Waals surface area contributed by atoms with Crippen LogP contribution in [0.25, 0.3) is 0 Å². The van der Waals surface area contributed by atoms with Crippen LogP contribution in [0.2, 0.25) is 10.0 Å². The summed E-state index contributed by atoms with van der Waals surface area (Å²) in [5.74, 6) is -7.67. The molecule has 3 fully saturated rings. The quantitative estimate of drug-likeness (QED) is 0.122. The number of rotatable bonds is 10. The largest absolute Gasteiger partial charge is 0.508 e. The Morgan fingerprint density at radius 2 is 1.59 bits per heavy atom. The third-order valence-electron chi connectivity index (χ3n) is 10.9. The Bertz CT molecular complexity index is 1970. The Balaban J connectivity index is 1.35. The van der Waals surface area contributed by atoms with Crippen LogP contribution >= 0.6 is 23.2 Å². The summed E-state index contributed by atoms with van der Waals surface area (Å²) in [5, 5.41) is 22.0. The number of fused-ring (bicyclic) bond motifs is 4. The number of imide groups is 2. The van der Waals surface area contributed by atoms with Crippen LogP contribution in [0.4, 0.5) is 10.1 Å². The Morgan fingerprint density at radius 1 is 0.882 bits per heavy atom. The first-order valence-electron chi connectivity index (χ1n) is 16.9. The van der Waals surface area contributed by atoms with E-state index in [9.17, 15) is 28.7 Å². The molecule has 4 amide bonds. The number of carboxylic acids is 1. The fourth-order valence-corrected chi connectivity index (χ4v) is 9.07. The first-order valence-corrected chi connectivity index (χ1v) is 17.6. The van der Waals surface area contributed by atoms with E-state index in [1.54, 1.807) is 30.3 Å². The van der Waals surface area contributed by atoms with Crippen molar-refractivity contribution in [1.82, 2.24) is 9.91 Å². The minimum Gasteiger partial charge on any atom is -0.508 e. The van der Waals surface area contributed by atoms with Crippen molar-refractivity contribution < 1.29 is 38.6 Å². The van der Waals surface area contributed by atoms with Crippen LogP contribution in [0, 0.1) is 29.5 Å². The van der Waals surface area contributed by atoms with Crippen molar-refractivity contribution in [1.29, 1.82) is 0 Å². The standard InChI is InChI=1S/C38H34Cl2FN3O7/c39-21-7-5-20(6-8-21)38-29(35(49)44(37(38)51)42-24-12-10-23(41)11-13-24)19-27-25(33(38)28-18-22(40)9-16-30(28)45)14-15-26-32(27)36(50)43(34(26)48)17-3-1-2-4-31(46)47/h5-14,16,18,26-27,29,32-33,42,45H,1-4,15,17,19H2,(H,46,47)/t26-,27+,29-,32-,33+,38+/m0/s1. The Hall–Kier alpha value is -4.74. The predicted octanol–water partition coefficient (Wildman–Crippen LogP) is 6.47. The molecule has 2 aliphatic carbocycles. The molecule has 0 bridgehead atoms. The molecule has 0 spiro atoms. The molecule has 3 aromatic rings. The maximum absolute atomic E-state index is 15.1. The number of aromatic hydroxyl groups is 1. The highest BCUT2D eigenvalue weighted by Crippen LogP contribution is 2.65. The van der Waals surface area contributed by atoms with Gasteiger partial charge in [-0.05, 0) is 91.8 Å². The molecule has 2 heterocycles. The molecule has 6 atom stereocenters. The topological polar surface area (TPSA) is 144 Å². The third kappa shape index (κ3) is 5.76. The number of likely N-dealkylation sites (tertiary alicyclic amines) is 1. The highest BCUT2D eigenvalue weighted by atomic mass is 35.5. The van der Waals surface area contributed by atoms with Crippen molar-refractivity contribution in [2.45, 2.75) is 49.9 Å². The van der Waals surface area contributed by atoms with Gasteiger partial charge in [0.15, 0.2) is 0 Å². The Kier molecular flexibility index (Phi) is 9.14. The summed E-state index contributed by atoms with van der Waals surface area (Å²) in [6, 6.07) is 16.3. The van der Waals surface area contributed by atoms with Gasteiger partial charge in [-0.15, -0.1) is 0 Å². The second-order valence-electron chi connectivity index (χ2n) is 13.6. The van der Waals surface area contributed by atoms with Gasteiger partial charge in [0.2, 0.25) is 11.8 Å². The van der Waals surface area contributed by atoms with Crippen LogP contribution in [0.1, 0.15) is 55.6 Å². The molecular weight excluding hydrogens is 700 g/mol. The highest BCUT2D eigenvalue weighted by molar-refractivity contribution is 6.31. The number of phenols is 1. The van der Waals surface area contributed by atoms with Crippen molar-refractivity contribution in [2.24, 2.45) is 23.7 Å². The maximum Gasteiger partial charge on any atom is 0.303 e. The Morgan fingerprint density at radius 3 is 2.29 bits per heavy atom. The van der Waals surface area contributed by atoms with Crippen molar-refractivity contribution >= 4 is 58.5 Å². The molecule has 13 heteroatoms. The lowest BCUT2D eigenvalue weighted by atomic mass is 9.49. The number of carbonyl (C=O) groups excluding carboxylic acids is 4. The minimum absolute atomic E-state index is 0.00320. The zero-order chi connectivity index (χ0) is 36.2. The lowest BCUT2D eigenvalue weighted by molar-refractivity contribution is -0.141. The monoisotopic (exact) mass is 733 g/mol. The first kappa shape index (κ1) is 34.7. The fourth-order valence-electron chi connectivity index (χ4n) is 8.76. The second-order valence-corrected chi connectivity index (χ2v) is 14.5. The third-order valence-corrected chi connectivity index (χ3v) is 11.4. The number of halogens is 3. The van der Waals surface area contributed by atoms with E-state index in [1.807, 2.05) is 6.08 Å². The lowest BCUT2D eigenvalue weighted by Gasteiger charge is -2.50. The number of hydrogen-bond acceptors (Lipinski definition) is 7. The number of carboxylic acid groups (broad SMARTS) is 1. The summed E-state index contributed by atoms with van der Waals surface area (Å²) >= 11 is 12.8. The van der Waals surface area contributed by atoms with E-state index < -0.39 is 58.6 Å². The summed E-state index contributed by atoms with van der Waals surface area (Å²) in [7, 11) is 0. The van der Waals surface area contributed by atoms with Gasteiger partial charge >= 0.3 is 5.97 Å².